The number of carbonyl (C=O) groups is 4. The monoisotopic (exact) mass is 408 g/mol. The average Bonchev–Trinajstić information content (AvgIpc) is 2.70. The molecule has 1 unspecified atom stereocenters. The Labute approximate surface area is 170 Å². The maximum absolute atomic E-state index is 12.9. The molecule has 0 aliphatic carbocycles. The Morgan fingerprint density at radius 1 is 1.03 bits per heavy atom. The minimum absolute atomic E-state index is 0.0720. The molecule has 2 aliphatic heterocycles. The van der Waals surface area contributed by atoms with Crippen molar-refractivity contribution in [1.29, 1.82) is 0 Å². The molecule has 0 aromatic heterocycles. The van der Waals surface area contributed by atoms with Crippen LogP contribution >= 0.6 is 0 Å². The van der Waals surface area contributed by atoms with Crippen molar-refractivity contribution in [2.24, 2.45) is 16.8 Å². The summed E-state index contributed by atoms with van der Waals surface area (Å²) in [6.07, 6.45) is 2.86. The molecule has 2 heterocycles. The van der Waals surface area contributed by atoms with E-state index in [1.165, 1.54) is 14.2 Å². The fraction of sp³-hybridized carbons (Fsp3) is 0.650. The number of rotatable bonds is 5. The quantitative estimate of drug-likeness (QED) is 0.497. The Morgan fingerprint density at radius 3 is 2.31 bits per heavy atom. The number of likely N-dealkylation sites (tertiary alicyclic amines) is 1. The van der Waals surface area contributed by atoms with E-state index >= 15 is 0 Å². The van der Waals surface area contributed by atoms with Crippen LogP contribution in [0.4, 0.5) is 0 Å². The van der Waals surface area contributed by atoms with Crippen LogP contribution in [-0.2, 0) is 33.4 Å². The van der Waals surface area contributed by atoms with Gasteiger partial charge in [-0.3, -0.25) is 19.4 Å². The number of hydrogen-bond donors (Lipinski definition) is 0. The van der Waals surface area contributed by atoms with E-state index in [-0.39, 0.29) is 23.2 Å². The number of hydrogen-bond acceptors (Lipinski definition) is 8. The van der Waals surface area contributed by atoms with Crippen LogP contribution in [0, 0.1) is 11.8 Å². The number of piperidine rings is 1. The van der Waals surface area contributed by atoms with Gasteiger partial charge in [0.1, 0.15) is 11.8 Å². The van der Waals surface area contributed by atoms with Crippen molar-refractivity contribution < 1.29 is 33.4 Å². The van der Waals surface area contributed by atoms with Gasteiger partial charge in [-0.2, -0.15) is 0 Å². The zero-order chi connectivity index (χ0) is 21.7. The summed E-state index contributed by atoms with van der Waals surface area (Å²) in [5.41, 5.74) is 0.504. The van der Waals surface area contributed by atoms with Crippen LogP contribution < -0.4 is 0 Å². The van der Waals surface area contributed by atoms with E-state index < -0.39 is 36.4 Å². The highest BCUT2D eigenvalue weighted by atomic mass is 16.5. The molecule has 29 heavy (non-hydrogen) atoms. The predicted octanol–water partition coefficient (Wildman–Crippen LogP) is 1.26. The Balaban J connectivity index is 2.24. The largest absolute Gasteiger partial charge is 0.468 e. The predicted molar refractivity (Wildman–Crippen MR) is 103 cm³/mol. The zero-order valence-electron chi connectivity index (χ0n) is 17.5. The fourth-order valence-electron chi connectivity index (χ4n) is 3.87. The molecule has 0 radical (unpaired) electrons. The minimum Gasteiger partial charge on any atom is -0.468 e. The van der Waals surface area contributed by atoms with E-state index in [4.69, 9.17) is 14.2 Å². The van der Waals surface area contributed by atoms with Gasteiger partial charge in [-0.1, -0.05) is 0 Å². The molecule has 1 amide bonds. The highest BCUT2D eigenvalue weighted by Crippen LogP contribution is 2.33. The van der Waals surface area contributed by atoms with Gasteiger partial charge in [0.05, 0.1) is 19.8 Å². The molecule has 2 aliphatic rings. The van der Waals surface area contributed by atoms with E-state index in [9.17, 15) is 19.2 Å². The molecule has 0 spiro atoms. The number of methoxy groups -OCH3 is 2. The normalized spacial score (nSPS) is 24.5. The molecule has 9 heteroatoms. The Morgan fingerprint density at radius 2 is 1.72 bits per heavy atom. The molecular formula is C20H28N2O7. The summed E-state index contributed by atoms with van der Waals surface area (Å²) in [6, 6.07) is 0.0783. The summed E-state index contributed by atoms with van der Waals surface area (Å²) >= 11 is 0. The fourth-order valence-corrected chi connectivity index (χ4v) is 3.87. The lowest BCUT2D eigenvalue weighted by Crippen LogP contribution is -2.46. The summed E-state index contributed by atoms with van der Waals surface area (Å²) in [7, 11) is 2.35. The molecule has 9 nitrogen and oxygen atoms in total. The number of carbonyl (C=O) groups excluding carboxylic acids is 4. The third kappa shape index (κ3) is 4.83. The van der Waals surface area contributed by atoms with E-state index in [1.807, 2.05) is 6.92 Å². The Kier molecular flexibility index (Phi) is 7.53. The maximum Gasteiger partial charge on any atom is 0.336 e. The van der Waals surface area contributed by atoms with Crippen LogP contribution in [0.1, 0.15) is 40.0 Å². The van der Waals surface area contributed by atoms with Crippen molar-refractivity contribution in [3.05, 3.63) is 11.3 Å². The third-order valence-electron chi connectivity index (χ3n) is 5.40. The van der Waals surface area contributed by atoms with Crippen molar-refractivity contribution in [2.75, 3.05) is 27.4 Å². The molecule has 0 N–H and O–H groups in total. The van der Waals surface area contributed by atoms with Crippen molar-refractivity contribution in [3.63, 3.8) is 0 Å². The summed E-state index contributed by atoms with van der Waals surface area (Å²) in [4.78, 5) is 55.9. The van der Waals surface area contributed by atoms with Crippen molar-refractivity contribution in [1.82, 2.24) is 4.90 Å². The third-order valence-corrected chi connectivity index (χ3v) is 5.40. The zero-order valence-corrected chi connectivity index (χ0v) is 17.5. The van der Waals surface area contributed by atoms with Crippen LogP contribution in [0.2, 0.25) is 0 Å². The molecule has 2 rings (SSSR count). The van der Waals surface area contributed by atoms with Gasteiger partial charge >= 0.3 is 17.9 Å². The van der Waals surface area contributed by atoms with Gasteiger partial charge in [0.25, 0.3) is 5.91 Å². The van der Waals surface area contributed by atoms with Gasteiger partial charge < -0.3 is 19.1 Å². The Hall–Kier alpha value is -2.71. The summed E-state index contributed by atoms with van der Waals surface area (Å²) in [5.74, 6) is -5.11. The van der Waals surface area contributed by atoms with Crippen molar-refractivity contribution >= 4 is 29.5 Å². The van der Waals surface area contributed by atoms with Crippen molar-refractivity contribution in [3.8, 4) is 0 Å². The number of esters is 3. The van der Waals surface area contributed by atoms with Crippen molar-refractivity contribution in [2.45, 2.75) is 46.1 Å². The van der Waals surface area contributed by atoms with Crippen LogP contribution in [0.5, 0.6) is 0 Å². The highest BCUT2D eigenvalue weighted by molar-refractivity contribution is 6.10. The van der Waals surface area contributed by atoms with Gasteiger partial charge in [0.15, 0.2) is 6.61 Å². The molecule has 0 aromatic rings. The molecular weight excluding hydrogens is 380 g/mol. The second-order valence-electron chi connectivity index (χ2n) is 7.26. The number of allylic oxidation sites excluding steroid dienone is 1. The highest BCUT2D eigenvalue weighted by Gasteiger charge is 2.46. The Bertz CT molecular complexity index is 756. The average molecular weight is 408 g/mol. The first-order valence-electron chi connectivity index (χ1n) is 9.61. The lowest BCUT2D eigenvalue weighted by molar-refractivity contribution is -0.160. The molecule has 0 aromatic carbocycles. The number of aliphatic imine (C=N–C) groups is 1. The first kappa shape index (κ1) is 22.6. The standard InChI is InChI=1S/C20H28N2O7/c1-11-8-6-7-9-22(11)14(23)10-29-20(26)17-15(18(24)27-4)12(2)21-13(3)16(17)19(25)28-5/h11,15,17H,6-10H2,1-5H3/t11-,15?,17-/m1/s1. The maximum atomic E-state index is 12.9. The minimum atomic E-state index is -1.29. The second kappa shape index (κ2) is 9.67. The van der Waals surface area contributed by atoms with Gasteiger partial charge in [-0.25, -0.2) is 4.79 Å². The topological polar surface area (TPSA) is 112 Å². The SMILES string of the molecule is COC(=O)C1=C(C)N=C(C)C(C(=O)OC)[C@H]1C(=O)OCC(=O)N1CCCC[C@H]1C. The smallest absolute Gasteiger partial charge is 0.336 e. The van der Waals surface area contributed by atoms with E-state index in [1.54, 1.807) is 18.7 Å². The molecule has 0 saturated carbocycles. The van der Waals surface area contributed by atoms with Gasteiger partial charge in [-0.05, 0) is 40.0 Å². The van der Waals surface area contributed by atoms with Gasteiger partial charge in [-0.15, -0.1) is 0 Å². The van der Waals surface area contributed by atoms with Crippen LogP contribution in [-0.4, -0.2) is 67.8 Å². The number of ether oxygens (including phenoxy) is 3. The lowest BCUT2D eigenvalue weighted by Gasteiger charge is -2.33. The van der Waals surface area contributed by atoms with E-state index in [2.05, 4.69) is 4.99 Å². The summed E-state index contributed by atoms with van der Waals surface area (Å²) in [5, 5.41) is 0. The molecule has 160 valence electrons. The molecule has 0 bridgehead atoms. The first-order valence-corrected chi connectivity index (χ1v) is 9.61. The van der Waals surface area contributed by atoms with E-state index in [0.717, 1.165) is 19.3 Å². The van der Waals surface area contributed by atoms with E-state index in [0.29, 0.717) is 12.3 Å². The van der Waals surface area contributed by atoms with Crippen LogP contribution in [0.25, 0.3) is 0 Å². The van der Waals surface area contributed by atoms with Crippen LogP contribution in [0.15, 0.2) is 16.3 Å². The number of nitrogens with zero attached hydrogens (tertiary/aromatic N) is 2. The molecule has 1 saturated heterocycles. The molecule has 1 fully saturated rings. The summed E-state index contributed by atoms with van der Waals surface area (Å²) < 4.78 is 14.8. The lowest BCUT2D eigenvalue weighted by atomic mass is 9.80. The van der Waals surface area contributed by atoms with Crippen LogP contribution in [0.3, 0.4) is 0 Å². The molecule has 3 atom stereocenters. The number of amides is 1. The van der Waals surface area contributed by atoms with Gasteiger partial charge in [0.2, 0.25) is 0 Å². The first-order chi connectivity index (χ1) is 13.7. The second-order valence-corrected chi connectivity index (χ2v) is 7.26. The van der Waals surface area contributed by atoms with Gasteiger partial charge in [0, 0.05) is 24.0 Å². The summed E-state index contributed by atoms with van der Waals surface area (Å²) in [6.45, 7) is 5.22.